The predicted molar refractivity (Wildman–Crippen MR) is 65.8 cm³/mol. The first-order chi connectivity index (χ1) is 7.80. The van der Waals surface area contributed by atoms with E-state index in [-0.39, 0.29) is 0 Å². The monoisotopic (exact) mass is 230 g/mol. The van der Waals surface area contributed by atoms with Gasteiger partial charge in [-0.05, 0) is 32.4 Å². The van der Waals surface area contributed by atoms with Crippen LogP contribution in [-0.2, 0) is 9.47 Å². The topological polar surface area (TPSA) is 33.7 Å². The van der Waals surface area contributed by atoms with Gasteiger partial charge in [-0.1, -0.05) is 0 Å². The van der Waals surface area contributed by atoms with Crippen molar-refractivity contribution in [1.29, 1.82) is 0 Å². The first-order valence-corrected chi connectivity index (χ1v) is 6.17. The van der Waals surface area contributed by atoms with Crippen LogP contribution in [0.5, 0.6) is 0 Å². The molecule has 4 heteroatoms. The van der Waals surface area contributed by atoms with E-state index >= 15 is 0 Å². The Morgan fingerprint density at radius 3 is 2.81 bits per heavy atom. The SMILES string of the molecule is CNC(COC)CN1CCCC(COC)C1. The Labute approximate surface area is 99.3 Å². The number of rotatable bonds is 7. The van der Waals surface area contributed by atoms with Crippen molar-refractivity contribution in [2.45, 2.75) is 18.9 Å². The van der Waals surface area contributed by atoms with Crippen molar-refractivity contribution < 1.29 is 9.47 Å². The molecule has 0 spiro atoms. The molecule has 0 saturated carbocycles. The van der Waals surface area contributed by atoms with Crippen LogP contribution < -0.4 is 5.32 Å². The second-order valence-corrected chi connectivity index (χ2v) is 4.66. The van der Waals surface area contributed by atoms with Crippen LogP contribution in [0.2, 0.25) is 0 Å². The van der Waals surface area contributed by atoms with Crippen molar-refractivity contribution in [2.75, 3.05) is 54.1 Å². The number of nitrogens with one attached hydrogen (secondary N) is 1. The maximum absolute atomic E-state index is 5.24. The summed E-state index contributed by atoms with van der Waals surface area (Å²) in [7, 11) is 5.55. The van der Waals surface area contributed by atoms with Crippen LogP contribution in [0.25, 0.3) is 0 Å². The fourth-order valence-electron chi connectivity index (χ4n) is 2.43. The van der Waals surface area contributed by atoms with Crippen molar-refractivity contribution in [3.8, 4) is 0 Å². The molecule has 16 heavy (non-hydrogen) atoms. The van der Waals surface area contributed by atoms with Gasteiger partial charge in [0.15, 0.2) is 0 Å². The summed E-state index contributed by atoms with van der Waals surface area (Å²) in [6, 6.07) is 0.436. The van der Waals surface area contributed by atoms with Crippen LogP contribution in [0, 0.1) is 5.92 Å². The quantitative estimate of drug-likeness (QED) is 0.694. The lowest BCUT2D eigenvalue weighted by Gasteiger charge is -2.34. The summed E-state index contributed by atoms with van der Waals surface area (Å²) >= 11 is 0. The third-order valence-electron chi connectivity index (χ3n) is 3.26. The average Bonchev–Trinajstić information content (AvgIpc) is 2.29. The molecule has 0 aromatic heterocycles. The number of ether oxygens (including phenoxy) is 2. The summed E-state index contributed by atoms with van der Waals surface area (Å²) < 4.78 is 10.4. The highest BCUT2D eigenvalue weighted by Gasteiger charge is 2.21. The van der Waals surface area contributed by atoms with Gasteiger partial charge in [0.25, 0.3) is 0 Å². The van der Waals surface area contributed by atoms with E-state index in [0.29, 0.717) is 12.0 Å². The van der Waals surface area contributed by atoms with Gasteiger partial charge in [-0.15, -0.1) is 0 Å². The minimum Gasteiger partial charge on any atom is -0.384 e. The molecule has 0 aliphatic carbocycles. The summed E-state index contributed by atoms with van der Waals surface area (Å²) in [6.07, 6.45) is 2.59. The van der Waals surface area contributed by atoms with Gasteiger partial charge in [-0.25, -0.2) is 0 Å². The first kappa shape index (κ1) is 13.9. The highest BCUT2D eigenvalue weighted by atomic mass is 16.5. The lowest BCUT2D eigenvalue weighted by molar-refractivity contribution is 0.0759. The van der Waals surface area contributed by atoms with Crippen molar-refractivity contribution in [2.24, 2.45) is 5.92 Å². The van der Waals surface area contributed by atoms with E-state index in [4.69, 9.17) is 9.47 Å². The lowest BCUT2D eigenvalue weighted by atomic mass is 9.98. The first-order valence-electron chi connectivity index (χ1n) is 6.17. The summed E-state index contributed by atoms with van der Waals surface area (Å²) in [5.41, 5.74) is 0. The summed E-state index contributed by atoms with van der Waals surface area (Å²) in [4.78, 5) is 2.52. The van der Waals surface area contributed by atoms with Crippen LogP contribution in [0.4, 0.5) is 0 Å². The van der Waals surface area contributed by atoms with Crippen LogP contribution in [-0.4, -0.2) is 65.1 Å². The second-order valence-electron chi connectivity index (χ2n) is 4.66. The highest BCUT2D eigenvalue weighted by Crippen LogP contribution is 2.16. The number of likely N-dealkylation sites (N-methyl/N-ethyl adjacent to an activating group) is 1. The fourth-order valence-corrected chi connectivity index (χ4v) is 2.43. The minimum atomic E-state index is 0.436. The molecule has 1 saturated heterocycles. The Kier molecular flexibility index (Phi) is 6.96. The summed E-state index contributed by atoms with van der Waals surface area (Å²) in [5, 5.41) is 3.30. The van der Waals surface area contributed by atoms with Crippen LogP contribution in [0.15, 0.2) is 0 Å². The van der Waals surface area contributed by atoms with Crippen LogP contribution in [0.3, 0.4) is 0 Å². The van der Waals surface area contributed by atoms with Gasteiger partial charge in [-0.3, -0.25) is 0 Å². The molecule has 1 heterocycles. The van der Waals surface area contributed by atoms with E-state index < -0.39 is 0 Å². The molecule has 0 bridgehead atoms. The van der Waals surface area contributed by atoms with Gasteiger partial charge < -0.3 is 19.7 Å². The molecular weight excluding hydrogens is 204 g/mol. The van der Waals surface area contributed by atoms with Gasteiger partial charge in [0.1, 0.15) is 0 Å². The maximum atomic E-state index is 5.24. The molecule has 1 aliphatic rings. The molecule has 1 fully saturated rings. The molecule has 1 aliphatic heterocycles. The highest BCUT2D eigenvalue weighted by molar-refractivity contribution is 4.77. The van der Waals surface area contributed by atoms with Crippen molar-refractivity contribution in [3.63, 3.8) is 0 Å². The van der Waals surface area contributed by atoms with Gasteiger partial charge >= 0.3 is 0 Å². The van der Waals surface area contributed by atoms with E-state index in [9.17, 15) is 0 Å². The molecule has 96 valence electrons. The van der Waals surface area contributed by atoms with Gasteiger partial charge in [0.2, 0.25) is 0 Å². The van der Waals surface area contributed by atoms with E-state index in [1.54, 1.807) is 14.2 Å². The van der Waals surface area contributed by atoms with Crippen LogP contribution >= 0.6 is 0 Å². The van der Waals surface area contributed by atoms with E-state index in [1.807, 2.05) is 7.05 Å². The number of methoxy groups -OCH3 is 2. The second kappa shape index (κ2) is 8.01. The molecule has 4 nitrogen and oxygen atoms in total. The van der Waals surface area contributed by atoms with Gasteiger partial charge in [0.05, 0.1) is 13.2 Å². The molecule has 1 rings (SSSR count). The van der Waals surface area contributed by atoms with Gasteiger partial charge in [0, 0.05) is 33.4 Å². The molecule has 0 aromatic carbocycles. The van der Waals surface area contributed by atoms with Crippen molar-refractivity contribution in [3.05, 3.63) is 0 Å². The Morgan fingerprint density at radius 2 is 2.19 bits per heavy atom. The number of likely N-dealkylation sites (tertiary alicyclic amines) is 1. The summed E-state index contributed by atoms with van der Waals surface area (Å²) in [6.45, 7) is 5.12. The van der Waals surface area contributed by atoms with Crippen molar-refractivity contribution >= 4 is 0 Å². The zero-order chi connectivity index (χ0) is 11.8. The maximum Gasteiger partial charge on any atom is 0.0628 e. The zero-order valence-corrected chi connectivity index (χ0v) is 10.9. The summed E-state index contributed by atoms with van der Waals surface area (Å²) in [5.74, 6) is 0.707. The molecule has 0 amide bonds. The molecule has 2 atom stereocenters. The molecule has 2 unspecified atom stereocenters. The Balaban J connectivity index is 2.29. The standard InChI is InChI=1S/C12H26N2O2/c1-13-12(10-16-3)8-14-6-4-5-11(7-14)9-15-2/h11-13H,4-10H2,1-3H3. The normalized spacial score (nSPS) is 24.6. The molecule has 0 aromatic rings. The predicted octanol–water partition coefficient (Wildman–Crippen LogP) is 0.579. The lowest BCUT2D eigenvalue weighted by Crippen LogP contribution is -2.46. The van der Waals surface area contributed by atoms with Crippen molar-refractivity contribution in [1.82, 2.24) is 10.2 Å². The third-order valence-corrected chi connectivity index (χ3v) is 3.26. The Bertz CT molecular complexity index is 176. The average molecular weight is 230 g/mol. The van der Waals surface area contributed by atoms with E-state index in [1.165, 1.54) is 19.4 Å². The molecule has 1 N–H and O–H groups in total. The number of hydrogen-bond donors (Lipinski definition) is 1. The zero-order valence-electron chi connectivity index (χ0n) is 10.9. The Hall–Kier alpha value is -0.160. The number of hydrogen-bond acceptors (Lipinski definition) is 4. The number of piperidine rings is 1. The third kappa shape index (κ3) is 4.78. The molecular formula is C12H26N2O2. The Morgan fingerprint density at radius 1 is 1.38 bits per heavy atom. The van der Waals surface area contributed by atoms with Gasteiger partial charge in [-0.2, -0.15) is 0 Å². The van der Waals surface area contributed by atoms with E-state index in [0.717, 1.165) is 26.3 Å². The molecule has 0 radical (unpaired) electrons. The minimum absolute atomic E-state index is 0.436. The van der Waals surface area contributed by atoms with E-state index in [2.05, 4.69) is 10.2 Å². The number of nitrogens with zero attached hydrogens (tertiary/aromatic N) is 1. The van der Waals surface area contributed by atoms with Crippen LogP contribution in [0.1, 0.15) is 12.8 Å². The fraction of sp³-hybridized carbons (Fsp3) is 1.00. The largest absolute Gasteiger partial charge is 0.384 e. The smallest absolute Gasteiger partial charge is 0.0628 e.